The fourth-order valence-electron chi connectivity index (χ4n) is 4.78. The van der Waals surface area contributed by atoms with Gasteiger partial charge in [-0.3, -0.25) is 0 Å². The molecule has 0 N–H and O–H groups in total. The molecule has 0 bridgehead atoms. The first kappa shape index (κ1) is 22.1. The maximum atomic E-state index is 14.1. The highest BCUT2D eigenvalue weighted by molar-refractivity contribution is 6.13. The highest BCUT2D eigenvalue weighted by Crippen LogP contribution is 2.40. The van der Waals surface area contributed by atoms with Crippen molar-refractivity contribution in [2.75, 3.05) is 0 Å². The van der Waals surface area contributed by atoms with Gasteiger partial charge in [0.05, 0.1) is 0 Å². The number of rotatable bonds is 4. The highest BCUT2D eigenvalue weighted by Gasteiger charge is 2.20. The largest absolute Gasteiger partial charge is 0.456 e. The fraction of sp³-hybridized carbons (Fsp3) is 0. The third kappa shape index (κ3) is 3.91. The summed E-state index contributed by atoms with van der Waals surface area (Å²) in [6, 6.07) is 38.5. The van der Waals surface area contributed by atoms with Gasteiger partial charge >= 0.3 is 0 Å². The van der Waals surface area contributed by atoms with Gasteiger partial charge in [-0.15, -0.1) is 0 Å². The molecule has 0 radical (unpaired) electrons. The Labute approximate surface area is 218 Å². The molecule has 5 heteroatoms. The summed E-state index contributed by atoms with van der Waals surface area (Å²) in [6.45, 7) is 0. The molecule has 7 aromatic rings. The van der Waals surface area contributed by atoms with Crippen LogP contribution in [0.4, 0.5) is 4.39 Å². The van der Waals surface area contributed by atoms with Crippen LogP contribution in [0.3, 0.4) is 0 Å². The van der Waals surface area contributed by atoms with E-state index in [2.05, 4.69) is 6.07 Å². The number of benzene rings is 5. The zero-order chi connectivity index (χ0) is 25.5. The predicted molar refractivity (Wildman–Crippen MR) is 149 cm³/mol. The average molecular weight is 494 g/mol. The standard InChI is InChI=1S/C33H20FN3O/c34-25-16-17-26-28(20-25)38-29-19-24(21-10-4-1-5-11-21)18-27(30(26)29)33-36-31(22-12-6-2-7-13-22)35-32(37-33)23-14-8-3-9-15-23/h1-20H. The van der Waals surface area contributed by atoms with Crippen LogP contribution < -0.4 is 0 Å². The molecule has 180 valence electrons. The zero-order valence-corrected chi connectivity index (χ0v) is 20.2. The third-order valence-electron chi connectivity index (χ3n) is 6.58. The van der Waals surface area contributed by atoms with E-state index in [1.165, 1.54) is 12.1 Å². The van der Waals surface area contributed by atoms with Gasteiger partial charge in [0, 0.05) is 33.5 Å². The lowest BCUT2D eigenvalue weighted by Crippen LogP contribution is -2.00. The zero-order valence-electron chi connectivity index (χ0n) is 20.2. The monoisotopic (exact) mass is 493 g/mol. The Morgan fingerprint density at radius 1 is 0.474 bits per heavy atom. The molecule has 7 rings (SSSR count). The summed E-state index contributed by atoms with van der Waals surface area (Å²) in [5.74, 6) is 1.32. The number of halogens is 1. The van der Waals surface area contributed by atoms with Gasteiger partial charge in [-0.2, -0.15) is 0 Å². The van der Waals surface area contributed by atoms with Gasteiger partial charge in [0.15, 0.2) is 17.5 Å². The first-order valence-electron chi connectivity index (χ1n) is 12.3. The molecule has 0 spiro atoms. The smallest absolute Gasteiger partial charge is 0.164 e. The van der Waals surface area contributed by atoms with Gasteiger partial charge in [-0.1, -0.05) is 91.0 Å². The average Bonchev–Trinajstić information content (AvgIpc) is 3.35. The van der Waals surface area contributed by atoms with Gasteiger partial charge < -0.3 is 4.42 Å². The van der Waals surface area contributed by atoms with E-state index >= 15 is 0 Å². The summed E-state index contributed by atoms with van der Waals surface area (Å²) < 4.78 is 20.3. The minimum Gasteiger partial charge on any atom is -0.456 e. The molecule has 0 aliphatic carbocycles. The van der Waals surface area contributed by atoms with Gasteiger partial charge in [0.2, 0.25) is 0 Å². The van der Waals surface area contributed by atoms with E-state index in [0.717, 1.165) is 38.6 Å². The van der Waals surface area contributed by atoms with E-state index in [4.69, 9.17) is 19.4 Å². The number of aromatic nitrogens is 3. The lowest BCUT2D eigenvalue weighted by Gasteiger charge is -2.11. The van der Waals surface area contributed by atoms with Crippen molar-refractivity contribution in [1.29, 1.82) is 0 Å². The van der Waals surface area contributed by atoms with Crippen molar-refractivity contribution in [3.63, 3.8) is 0 Å². The number of furan rings is 1. The molecular weight excluding hydrogens is 473 g/mol. The maximum Gasteiger partial charge on any atom is 0.164 e. The predicted octanol–water partition coefficient (Wildman–Crippen LogP) is 8.58. The van der Waals surface area contributed by atoms with Crippen LogP contribution >= 0.6 is 0 Å². The molecule has 0 aliphatic heterocycles. The van der Waals surface area contributed by atoms with Crippen LogP contribution in [-0.4, -0.2) is 15.0 Å². The van der Waals surface area contributed by atoms with Crippen molar-refractivity contribution >= 4 is 21.9 Å². The van der Waals surface area contributed by atoms with Crippen LogP contribution in [0.25, 0.3) is 67.2 Å². The van der Waals surface area contributed by atoms with Crippen LogP contribution in [0.5, 0.6) is 0 Å². The Bertz CT molecular complexity index is 1860. The molecule has 0 amide bonds. The Kier molecular flexibility index (Phi) is 5.26. The first-order valence-corrected chi connectivity index (χ1v) is 12.3. The molecule has 38 heavy (non-hydrogen) atoms. The molecule has 0 unspecified atom stereocenters. The Morgan fingerprint density at radius 2 is 1.03 bits per heavy atom. The van der Waals surface area contributed by atoms with Gasteiger partial charge in [0.25, 0.3) is 0 Å². The van der Waals surface area contributed by atoms with Crippen molar-refractivity contribution in [3.8, 4) is 45.3 Å². The molecule has 0 saturated heterocycles. The molecule has 0 aliphatic rings. The number of nitrogens with zero attached hydrogens (tertiary/aromatic N) is 3. The Morgan fingerprint density at radius 3 is 1.63 bits per heavy atom. The third-order valence-corrected chi connectivity index (χ3v) is 6.58. The normalized spacial score (nSPS) is 11.3. The topological polar surface area (TPSA) is 51.8 Å². The fourth-order valence-corrected chi connectivity index (χ4v) is 4.78. The second-order valence-electron chi connectivity index (χ2n) is 9.04. The Hall–Kier alpha value is -5.16. The highest BCUT2D eigenvalue weighted by atomic mass is 19.1. The van der Waals surface area contributed by atoms with Gasteiger partial charge in [-0.05, 0) is 35.4 Å². The molecule has 4 nitrogen and oxygen atoms in total. The summed E-state index contributed by atoms with van der Waals surface area (Å²) >= 11 is 0. The lowest BCUT2D eigenvalue weighted by molar-refractivity contribution is 0.618. The number of fused-ring (bicyclic) bond motifs is 3. The van der Waals surface area contributed by atoms with E-state index in [9.17, 15) is 4.39 Å². The SMILES string of the molecule is Fc1ccc2c(c1)oc1cc(-c3ccccc3)cc(-c3nc(-c4ccccc4)nc(-c4ccccc4)n3)c12. The molecule has 0 atom stereocenters. The van der Waals surface area contributed by atoms with E-state index < -0.39 is 0 Å². The lowest BCUT2D eigenvalue weighted by atomic mass is 9.98. The van der Waals surface area contributed by atoms with Crippen LogP contribution in [0.1, 0.15) is 0 Å². The summed E-state index contributed by atoms with van der Waals surface area (Å²) in [6.07, 6.45) is 0. The second kappa shape index (κ2) is 9.05. The second-order valence-corrected chi connectivity index (χ2v) is 9.04. The van der Waals surface area contributed by atoms with Crippen LogP contribution in [0, 0.1) is 5.82 Å². The van der Waals surface area contributed by atoms with Crippen LogP contribution in [0.15, 0.2) is 126 Å². The van der Waals surface area contributed by atoms with E-state index in [1.807, 2.05) is 97.1 Å². The molecule has 0 saturated carbocycles. The summed E-state index contributed by atoms with van der Waals surface area (Å²) in [5.41, 5.74) is 5.68. The number of hydrogen-bond acceptors (Lipinski definition) is 4. The van der Waals surface area contributed by atoms with Crippen molar-refractivity contribution in [3.05, 3.63) is 127 Å². The minimum absolute atomic E-state index is 0.348. The first-order chi connectivity index (χ1) is 18.7. The van der Waals surface area contributed by atoms with Gasteiger partial charge in [0.1, 0.15) is 17.0 Å². The van der Waals surface area contributed by atoms with Crippen molar-refractivity contribution in [2.24, 2.45) is 0 Å². The summed E-state index contributed by atoms with van der Waals surface area (Å²) in [4.78, 5) is 14.7. The van der Waals surface area contributed by atoms with Gasteiger partial charge in [-0.25, -0.2) is 19.3 Å². The van der Waals surface area contributed by atoms with E-state index in [1.54, 1.807) is 6.07 Å². The summed E-state index contributed by atoms with van der Waals surface area (Å²) in [5, 5.41) is 1.64. The quantitative estimate of drug-likeness (QED) is 0.246. The number of hydrogen-bond donors (Lipinski definition) is 0. The molecule has 0 fully saturated rings. The Balaban J connectivity index is 1.56. The van der Waals surface area contributed by atoms with E-state index in [-0.39, 0.29) is 5.82 Å². The van der Waals surface area contributed by atoms with E-state index in [0.29, 0.717) is 28.6 Å². The van der Waals surface area contributed by atoms with Crippen LogP contribution in [0.2, 0.25) is 0 Å². The van der Waals surface area contributed by atoms with Crippen molar-refractivity contribution < 1.29 is 8.81 Å². The molecule has 2 heterocycles. The maximum absolute atomic E-state index is 14.1. The molecule has 2 aromatic heterocycles. The summed E-state index contributed by atoms with van der Waals surface area (Å²) in [7, 11) is 0. The molecule has 5 aromatic carbocycles. The van der Waals surface area contributed by atoms with Crippen LogP contribution in [-0.2, 0) is 0 Å². The van der Waals surface area contributed by atoms with Crippen molar-refractivity contribution in [2.45, 2.75) is 0 Å². The minimum atomic E-state index is -0.348. The molecular formula is C33H20FN3O. The van der Waals surface area contributed by atoms with Crippen molar-refractivity contribution in [1.82, 2.24) is 15.0 Å².